The molecule has 0 fully saturated rings. The molecule has 0 saturated heterocycles. The average molecular weight is 482 g/mol. The van der Waals surface area contributed by atoms with Crippen molar-refractivity contribution in [2.75, 3.05) is 10.8 Å². The molecule has 0 N–H and O–H groups in total. The second-order valence-electron chi connectivity index (χ2n) is 12.1. The van der Waals surface area contributed by atoms with E-state index in [1.165, 1.54) is 64.8 Å². The molecule has 0 radical (unpaired) electrons. The summed E-state index contributed by atoms with van der Waals surface area (Å²) in [4.78, 5) is 4.26. The number of rotatable bonds is 3. The van der Waals surface area contributed by atoms with Crippen molar-refractivity contribution in [2.45, 2.75) is 78.1 Å². The van der Waals surface area contributed by atoms with Gasteiger partial charge in [0.2, 0.25) is 0 Å². The van der Waals surface area contributed by atoms with E-state index in [-0.39, 0.29) is 10.8 Å². The van der Waals surface area contributed by atoms with E-state index in [0.29, 0.717) is 0 Å². The zero-order chi connectivity index (χ0) is 24.8. The lowest BCUT2D eigenvalue weighted by molar-refractivity contribution is 0.590. The molecular formula is C33H39NS. The van der Waals surface area contributed by atoms with Crippen molar-refractivity contribution in [1.29, 1.82) is 0 Å². The molecule has 0 amide bonds. The molecule has 0 unspecified atom stereocenters. The van der Waals surface area contributed by atoms with Gasteiger partial charge in [-0.2, -0.15) is 0 Å². The van der Waals surface area contributed by atoms with Crippen LogP contribution in [0.4, 0.5) is 5.69 Å². The van der Waals surface area contributed by atoms with Crippen molar-refractivity contribution < 1.29 is 0 Å². The summed E-state index contributed by atoms with van der Waals surface area (Å²) in [7, 11) is 0. The van der Waals surface area contributed by atoms with E-state index < -0.39 is 0 Å². The summed E-state index contributed by atoms with van der Waals surface area (Å²) in [5.74, 6) is 1.02. The first-order valence-corrected chi connectivity index (χ1v) is 14.1. The maximum Gasteiger partial charge on any atom is 0.0729 e. The summed E-state index contributed by atoms with van der Waals surface area (Å²) in [5.41, 5.74) is 11.3. The molecular weight excluding hydrogens is 442 g/mol. The minimum absolute atomic E-state index is 0.122. The van der Waals surface area contributed by atoms with Crippen molar-refractivity contribution in [1.82, 2.24) is 0 Å². The van der Waals surface area contributed by atoms with Crippen LogP contribution in [0.2, 0.25) is 0 Å². The quantitative estimate of drug-likeness (QED) is 0.366. The third-order valence-electron chi connectivity index (χ3n) is 7.47. The van der Waals surface area contributed by atoms with Crippen molar-refractivity contribution in [3.05, 3.63) is 88.5 Å². The van der Waals surface area contributed by atoms with Gasteiger partial charge in [0.25, 0.3) is 0 Å². The van der Waals surface area contributed by atoms with Crippen LogP contribution in [0.1, 0.15) is 78.4 Å². The molecule has 0 spiro atoms. The normalized spacial score (nSPS) is 16.6. The van der Waals surface area contributed by atoms with Gasteiger partial charge in [-0.3, -0.25) is 0 Å². The van der Waals surface area contributed by atoms with E-state index in [2.05, 4.69) is 125 Å². The van der Waals surface area contributed by atoms with E-state index in [4.69, 9.17) is 0 Å². The number of hydrogen-bond acceptors (Lipinski definition) is 2. The third kappa shape index (κ3) is 4.83. The molecule has 2 aliphatic rings. The second kappa shape index (κ2) is 9.21. The lowest BCUT2D eigenvalue weighted by Crippen LogP contribution is -2.21. The summed E-state index contributed by atoms with van der Waals surface area (Å²) in [6.45, 7) is 13.8. The maximum absolute atomic E-state index is 2.65. The first-order valence-electron chi connectivity index (χ1n) is 13.1. The number of anilines is 1. The highest BCUT2D eigenvalue weighted by Crippen LogP contribution is 2.49. The SMILES string of the molecule is CC(C)(C)c1cccc(-c2cccc(-c3cccc(C(C)(C)C)c3)c2N2CSC3=C2CCCC3)c1. The van der Waals surface area contributed by atoms with Gasteiger partial charge in [0.05, 0.1) is 11.6 Å². The van der Waals surface area contributed by atoms with E-state index in [1.807, 2.05) is 0 Å². The first-order chi connectivity index (χ1) is 16.6. The number of allylic oxidation sites excluding steroid dienone is 2. The fraction of sp³-hybridized carbons (Fsp3) is 0.394. The Hall–Kier alpha value is -2.45. The van der Waals surface area contributed by atoms with Gasteiger partial charge in [0.15, 0.2) is 0 Å². The molecule has 1 heterocycles. The molecule has 3 aromatic rings. The Morgan fingerprint density at radius 2 is 1.17 bits per heavy atom. The number of hydrogen-bond donors (Lipinski definition) is 0. The fourth-order valence-electron chi connectivity index (χ4n) is 5.33. The Labute approximate surface area is 216 Å². The Morgan fingerprint density at radius 1 is 0.657 bits per heavy atom. The molecule has 0 bridgehead atoms. The van der Waals surface area contributed by atoms with Crippen LogP contribution >= 0.6 is 11.8 Å². The number of thioether (sulfide) groups is 1. The van der Waals surface area contributed by atoms with E-state index in [1.54, 1.807) is 10.6 Å². The molecule has 2 heteroatoms. The Kier molecular flexibility index (Phi) is 6.38. The lowest BCUT2D eigenvalue weighted by atomic mass is 9.83. The number of para-hydroxylation sites is 1. The highest BCUT2D eigenvalue weighted by molar-refractivity contribution is 8.03. The molecule has 0 saturated carbocycles. The van der Waals surface area contributed by atoms with Crippen molar-refractivity contribution >= 4 is 17.4 Å². The van der Waals surface area contributed by atoms with Crippen LogP contribution < -0.4 is 4.90 Å². The second-order valence-corrected chi connectivity index (χ2v) is 13.2. The van der Waals surface area contributed by atoms with Crippen LogP contribution in [0, 0.1) is 0 Å². The van der Waals surface area contributed by atoms with Gasteiger partial charge in [-0.1, -0.05) is 108 Å². The van der Waals surface area contributed by atoms with Crippen LogP contribution in [-0.2, 0) is 10.8 Å². The summed E-state index contributed by atoms with van der Waals surface area (Å²) < 4.78 is 0. The van der Waals surface area contributed by atoms with Crippen molar-refractivity contribution in [3.63, 3.8) is 0 Å². The van der Waals surface area contributed by atoms with Crippen molar-refractivity contribution in [2.24, 2.45) is 0 Å². The maximum atomic E-state index is 2.65. The zero-order valence-electron chi connectivity index (χ0n) is 22.2. The Balaban J connectivity index is 1.73. The minimum atomic E-state index is 0.122. The van der Waals surface area contributed by atoms with Gasteiger partial charge in [-0.25, -0.2) is 0 Å². The smallest absolute Gasteiger partial charge is 0.0729 e. The molecule has 1 aliphatic carbocycles. The molecule has 1 nitrogen and oxygen atoms in total. The third-order valence-corrected chi connectivity index (χ3v) is 8.64. The molecule has 5 rings (SSSR count). The monoisotopic (exact) mass is 481 g/mol. The summed E-state index contributed by atoms with van der Waals surface area (Å²) >= 11 is 2.06. The Bertz CT molecular complexity index is 1190. The average Bonchev–Trinajstić information content (AvgIpc) is 3.26. The standard InChI is InChI=1S/C33H39NS/c1-32(2,3)25-14-9-12-23(20-25)27-16-11-17-28(24-13-10-15-26(21-24)33(4,5)6)31(27)34-22-35-30-19-8-7-18-29(30)34/h9-17,20-21H,7-8,18-19,22H2,1-6H3. The van der Waals surface area contributed by atoms with E-state index in [9.17, 15) is 0 Å². The summed E-state index contributed by atoms with van der Waals surface area (Å²) in [5, 5.41) is 0. The first kappa shape index (κ1) is 24.3. The fourth-order valence-corrected chi connectivity index (χ4v) is 6.57. The highest BCUT2D eigenvalue weighted by atomic mass is 32.2. The molecule has 0 atom stereocenters. The summed E-state index contributed by atoms with van der Waals surface area (Å²) in [6, 6.07) is 25.3. The van der Waals surface area contributed by atoms with Crippen LogP contribution in [0.3, 0.4) is 0 Å². The van der Waals surface area contributed by atoms with Crippen LogP contribution in [-0.4, -0.2) is 5.88 Å². The summed E-state index contributed by atoms with van der Waals surface area (Å²) in [6.07, 6.45) is 5.06. The number of benzene rings is 3. The molecule has 1 aliphatic heterocycles. The number of nitrogens with zero attached hydrogens (tertiary/aromatic N) is 1. The molecule has 3 aromatic carbocycles. The van der Waals surface area contributed by atoms with Gasteiger partial charge in [0, 0.05) is 21.7 Å². The van der Waals surface area contributed by atoms with Crippen LogP contribution in [0.5, 0.6) is 0 Å². The van der Waals surface area contributed by atoms with E-state index in [0.717, 1.165) is 5.88 Å². The predicted octanol–water partition coefficient (Wildman–Crippen LogP) is 9.91. The van der Waals surface area contributed by atoms with Crippen LogP contribution in [0.15, 0.2) is 77.3 Å². The van der Waals surface area contributed by atoms with Gasteiger partial charge < -0.3 is 4.90 Å². The van der Waals surface area contributed by atoms with E-state index >= 15 is 0 Å². The predicted molar refractivity (Wildman–Crippen MR) is 155 cm³/mol. The molecule has 0 aromatic heterocycles. The van der Waals surface area contributed by atoms with Crippen LogP contribution in [0.25, 0.3) is 22.3 Å². The van der Waals surface area contributed by atoms with Gasteiger partial charge in [-0.05, 0) is 58.8 Å². The molecule has 35 heavy (non-hydrogen) atoms. The largest absolute Gasteiger partial charge is 0.333 e. The van der Waals surface area contributed by atoms with Crippen molar-refractivity contribution in [3.8, 4) is 22.3 Å². The lowest BCUT2D eigenvalue weighted by Gasteiger charge is -2.30. The topological polar surface area (TPSA) is 3.24 Å². The van der Waals surface area contributed by atoms with Gasteiger partial charge >= 0.3 is 0 Å². The van der Waals surface area contributed by atoms with Gasteiger partial charge in [0.1, 0.15) is 0 Å². The highest BCUT2D eigenvalue weighted by Gasteiger charge is 2.30. The Morgan fingerprint density at radius 3 is 1.71 bits per heavy atom. The van der Waals surface area contributed by atoms with Gasteiger partial charge in [-0.15, -0.1) is 11.8 Å². The minimum Gasteiger partial charge on any atom is -0.333 e. The molecule has 182 valence electrons. The zero-order valence-corrected chi connectivity index (χ0v) is 23.1.